The lowest BCUT2D eigenvalue weighted by molar-refractivity contribution is 0.0952. The van der Waals surface area contributed by atoms with Gasteiger partial charge >= 0.3 is 0 Å². The predicted molar refractivity (Wildman–Crippen MR) is 83.8 cm³/mol. The van der Waals surface area contributed by atoms with Gasteiger partial charge in [0.1, 0.15) is 0 Å². The van der Waals surface area contributed by atoms with Crippen LogP contribution in [0.25, 0.3) is 0 Å². The molecule has 108 valence electrons. The van der Waals surface area contributed by atoms with Crippen molar-refractivity contribution in [3.63, 3.8) is 0 Å². The Morgan fingerprint density at radius 1 is 1.45 bits per heavy atom. The summed E-state index contributed by atoms with van der Waals surface area (Å²) in [4.78, 5) is 11.9. The number of halogens is 1. The van der Waals surface area contributed by atoms with E-state index in [-0.39, 0.29) is 12.5 Å². The molecule has 0 atom stereocenters. The van der Waals surface area contributed by atoms with E-state index in [9.17, 15) is 4.79 Å². The second kappa shape index (κ2) is 8.63. The van der Waals surface area contributed by atoms with Crippen LogP contribution in [0.3, 0.4) is 0 Å². The van der Waals surface area contributed by atoms with Crippen molar-refractivity contribution in [2.24, 2.45) is 11.7 Å². The molecule has 0 aliphatic rings. The second-order valence-corrected chi connectivity index (χ2v) is 5.40. The van der Waals surface area contributed by atoms with Gasteiger partial charge in [0, 0.05) is 17.7 Å². The van der Waals surface area contributed by atoms with Crippen LogP contribution in [0.4, 0.5) is 0 Å². The molecule has 1 amide bonds. The van der Waals surface area contributed by atoms with Crippen LogP contribution in [0.15, 0.2) is 18.2 Å². The van der Waals surface area contributed by atoms with Gasteiger partial charge in [-0.05, 0) is 37.0 Å². The van der Waals surface area contributed by atoms with Crippen molar-refractivity contribution in [1.29, 1.82) is 0 Å². The highest BCUT2D eigenvalue weighted by molar-refractivity contribution is 6.32. The van der Waals surface area contributed by atoms with E-state index in [1.165, 1.54) is 0 Å². The molecule has 0 heterocycles. The third-order valence-electron chi connectivity index (χ3n) is 2.80. The highest BCUT2D eigenvalue weighted by Crippen LogP contribution is 2.17. The molecule has 0 aliphatic carbocycles. The lowest BCUT2D eigenvalue weighted by atomic mass is 10.1. The van der Waals surface area contributed by atoms with Gasteiger partial charge in [0.15, 0.2) is 0 Å². The van der Waals surface area contributed by atoms with Gasteiger partial charge < -0.3 is 11.1 Å². The highest BCUT2D eigenvalue weighted by atomic mass is 35.5. The number of amides is 1. The summed E-state index contributed by atoms with van der Waals surface area (Å²) in [6.45, 7) is 5.31. The number of nitrogens with one attached hydrogen (secondary N) is 1. The molecule has 0 bridgehead atoms. The molecule has 1 aromatic rings. The zero-order valence-corrected chi connectivity index (χ0v) is 12.8. The molecule has 0 aliphatic heterocycles. The van der Waals surface area contributed by atoms with Crippen LogP contribution in [0.2, 0.25) is 5.02 Å². The summed E-state index contributed by atoms with van der Waals surface area (Å²) in [7, 11) is 0. The molecule has 3 N–H and O–H groups in total. The Labute approximate surface area is 125 Å². The fourth-order valence-corrected chi connectivity index (χ4v) is 1.95. The molecule has 0 fully saturated rings. The van der Waals surface area contributed by atoms with E-state index in [1.54, 1.807) is 18.2 Å². The summed E-state index contributed by atoms with van der Waals surface area (Å²) in [6.07, 6.45) is 2.09. The maximum Gasteiger partial charge on any atom is 0.251 e. The number of hydrogen-bond donors (Lipinski definition) is 2. The van der Waals surface area contributed by atoms with Gasteiger partial charge in [-0.2, -0.15) is 0 Å². The van der Waals surface area contributed by atoms with Crippen molar-refractivity contribution in [2.75, 3.05) is 13.1 Å². The largest absolute Gasteiger partial charge is 0.352 e. The maximum atomic E-state index is 11.9. The van der Waals surface area contributed by atoms with Crippen molar-refractivity contribution in [3.8, 4) is 11.8 Å². The van der Waals surface area contributed by atoms with Gasteiger partial charge in [-0.15, -0.1) is 0 Å². The van der Waals surface area contributed by atoms with Crippen molar-refractivity contribution in [1.82, 2.24) is 5.32 Å². The van der Waals surface area contributed by atoms with Crippen LogP contribution >= 0.6 is 11.6 Å². The molecule has 1 aromatic carbocycles. The first kappa shape index (κ1) is 16.6. The standard InChI is InChI=1S/C16H21ClN2O/c1-12(2)5-4-10-19-16(20)14-8-7-13(6-3-9-18)15(17)11-14/h7-8,11-12H,4-5,9-10,18H2,1-2H3,(H,19,20). The van der Waals surface area contributed by atoms with E-state index >= 15 is 0 Å². The van der Waals surface area contributed by atoms with E-state index in [0.29, 0.717) is 28.6 Å². The van der Waals surface area contributed by atoms with Crippen molar-refractivity contribution in [3.05, 3.63) is 34.3 Å². The average molecular weight is 293 g/mol. The van der Waals surface area contributed by atoms with Crippen LogP contribution in [-0.2, 0) is 0 Å². The van der Waals surface area contributed by atoms with Gasteiger partial charge in [0.2, 0.25) is 0 Å². The Hall–Kier alpha value is -1.50. The fraction of sp³-hybridized carbons (Fsp3) is 0.438. The topological polar surface area (TPSA) is 55.1 Å². The molecule has 0 unspecified atom stereocenters. The number of hydrogen-bond acceptors (Lipinski definition) is 2. The van der Waals surface area contributed by atoms with Crippen LogP contribution in [-0.4, -0.2) is 19.0 Å². The number of nitrogens with two attached hydrogens (primary N) is 1. The molecule has 1 rings (SSSR count). The summed E-state index contributed by atoms with van der Waals surface area (Å²) in [6, 6.07) is 5.11. The third kappa shape index (κ3) is 5.64. The number of carbonyl (C=O) groups excluding carboxylic acids is 1. The SMILES string of the molecule is CC(C)CCCNC(=O)c1ccc(C#CCN)c(Cl)c1. The molecule has 0 spiro atoms. The molecule has 3 nitrogen and oxygen atoms in total. The molecule has 4 heteroatoms. The maximum absolute atomic E-state index is 11.9. The minimum Gasteiger partial charge on any atom is -0.352 e. The number of rotatable bonds is 5. The van der Waals surface area contributed by atoms with Crippen molar-refractivity contribution in [2.45, 2.75) is 26.7 Å². The van der Waals surface area contributed by atoms with E-state index in [4.69, 9.17) is 17.3 Å². The molecular formula is C16H21ClN2O. The van der Waals surface area contributed by atoms with Crippen LogP contribution in [0, 0.1) is 17.8 Å². The summed E-state index contributed by atoms with van der Waals surface area (Å²) >= 11 is 6.09. The van der Waals surface area contributed by atoms with Crippen LogP contribution < -0.4 is 11.1 Å². The van der Waals surface area contributed by atoms with Crippen LogP contribution in [0.1, 0.15) is 42.6 Å². The summed E-state index contributed by atoms with van der Waals surface area (Å²) in [5.74, 6) is 6.16. The Bertz CT molecular complexity index is 515. The first-order valence-electron chi connectivity index (χ1n) is 6.81. The zero-order valence-electron chi connectivity index (χ0n) is 12.0. The minimum absolute atomic E-state index is 0.103. The number of carbonyl (C=O) groups is 1. The lowest BCUT2D eigenvalue weighted by Gasteiger charge is -2.07. The van der Waals surface area contributed by atoms with E-state index < -0.39 is 0 Å². The Morgan fingerprint density at radius 3 is 2.80 bits per heavy atom. The molecule has 0 radical (unpaired) electrons. The molecule has 0 saturated heterocycles. The highest BCUT2D eigenvalue weighted by Gasteiger charge is 2.07. The van der Waals surface area contributed by atoms with E-state index in [2.05, 4.69) is 31.0 Å². The summed E-state index contributed by atoms with van der Waals surface area (Å²) in [5, 5.41) is 3.36. The molecule has 20 heavy (non-hydrogen) atoms. The second-order valence-electron chi connectivity index (χ2n) is 4.99. The van der Waals surface area contributed by atoms with Gasteiger partial charge in [-0.1, -0.05) is 37.3 Å². The van der Waals surface area contributed by atoms with Crippen LogP contribution in [0.5, 0.6) is 0 Å². The minimum atomic E-state index is -0.103. The lowest BCUT2D eigenvalue weighted by Crippen LogP contribution is -2.24. The Morgan fingerprint density at radius 2 is 2.20 bits per heavy atom. The summed E-state index contributed by atoms with van der Waals surface area (Å²) < 4.78 is 0. The summed E-state index contributed by atoms with van der Waals surface area (Å²) in [5.41, 5.74) is 6.55. The first-order valence-corrected chi connectivity index (χ1v) is 7.19. The van der Waals surface area contributed by atoms with Gasteiger partial charge in [-0.3, -0.25) is 4.79 Å². The van der Waals surface area contributed by atoms with Gasteiger partial charge in [-0.25, -0.2) is 0 Å². The molecular weight excluding hydrogens is 272 g/mol. The average Bonchev–Trinajstić information content (AvgIpc) is 2.41. The fourth-order valence-electron chi connectivity index (χ4n) is 1.72. The van der Waals surface area contributed by atoms with Crippen molar-refractivity contribution >= 4 is 17.5 Å². The van der Waals surface area contributed by atoms with Gasteiger partial charge in [0.05, 0.1) is 11.6 Å². The Balaban J connectivity index is 2.59. The molecule has 0 aromatic heterocycles. The van der Waals surface area contributed by atoms with Gasteiger partial charge in [0.25, 0.3) is 5.91 Å². The van der Waals surface area contributed by atoms with E-state index in [1.807, 2.05) is 0 Å². The first-order chi connectivity index (χ1) is 9.54. The van der Waals surface area contributed by atoms with E-state index in [0.717, 1.165) is 12.8 Å². The zero-order chi connectivity index (χ0) is 15.0. The smallest absolute Gasteiger partial charge is 0.251 e. The number of benzene rings is 1. The van der Waals surface area contributed by atoms with Crippen molar-refractivity contribution < 1.29 is 4.79 Å². The predicted octanol–water partition coefficient (Wildman–Crippen LogP) is 2.82. The Kier molecular flexibility index (Phi) is 7.14. The third-order valence-corrected chi connectivity index (χ3v) is 3.11. The quantitative estimate of drug-likeness (QED) is 0.648. The normalized spacial score (nSPS) is 10.1. The monoisotopic (exact) mass is 292 g/mol. The molecule has 0 saturated carbocycles.